The van der Waals surface area contributed by atoms with Crippen molar-refractivity contribution in [2.75, 3.05) is 12.8 Å². The zero-order valence-corrected chi connectivity index (χ0v) is 13.2. The highest BCUT2D eigenvalue weighted by Gasteiger charge is 2.25. The molecule has 0 bridgehead atoms. The van der Waals surface area contributed by atoms with E-state index in [1.165, 1.54) is 23.6 Å². The zero-order chi connectivity index (χ0) is 14.8. The number of pyridine rings is 1. The standard InChI is InChI=1S/C13H14BrN3O2S/c1-17(9-10-5-2-3-6-11(10)14)20(18,19)13-12(15)7-4-8-16-13/h2-8H,9,15H2,1H3. The molecule has 0 fully saturated rings. The highest BCUT2D eigenvalue weighted by molar-refractivity contribution is 9.10. The molecule has 0 amide bonds. The van der Waals surface area contributed by atoms with Crippen molar-refractivity contribution in [1.29, 1.82) is 0 Å². The van der Waals surface area contributed by atoms with Crippen LogP contribution in [0.5, 0.6) is 0 Å². The van der Waals surface area contributed by atoms with Crippen molar-refractivity contribution < 1.29 is 8.42 Å². The van der Waals surface area contributed by atoms with Crippen molar-refractivity contribution in [3.05, 3.63) is 52.6 Å². The molecule has 5 nitrogen and oxygen atoms in total. The number of aromatic nitrogens is 1. The van der Waals surface area contributed by atoms with Crippen molar-refractivity contribution in [1.82, 2.24) is 9.29 Å². The van der Waals surface area contributed by atoms with Gasteiger partial charge in [0.15, 0.2) is 5.03 Å². The van der Waals surface area contributed by atoms with Gasteiger partial charge in [-0.05, 0) is 23.8 Å². The summed E-state index contributed by atoms with van der Waals surface area (Å²) in [5.74, 6) is 0. The SMILES string of the molecule is CN(Cc1ccccc1Br)S(=O)(=O)c1ncccc1N. The Kier molecular flexibility index (Phi) is 4.42. The van der Waals surface area contributed by atoms with Gasteiger partial charge in [-0.15, -0.1) is 0 Å². The molecule has 0 radical (unpaired) electrons. The molecular formula is C13H14BrN3O2S. The summed E-state index contributed by atoms with van der Waals surface area (Å²) in [6.07, 6.45) is 1.41. The Hall–Kier alpha value is -1.44. The quantitative estimate of drug-likeness (QED) is 0.912. The van der Waals surface area contributed by atoms with E-state index in [0.29, 0.717) is 0 Å². The molecule has 0 saturated heterocycles. The Morgan fingerprint density at radius 2 is 1.95 bits per heavy atom. The largest absolute Gasteiger partial charge is 0.396 e. The molecule has 7 heteroatoms. The van der Waals surface area contributed by atoms with E-state index in [9.17, 15) is 8.42 Å². The maximum atomic E-state index is 12.4. The second-order valence-corrected chi connectivity index (χ2v) is 7.06. The molecule has 0 saturated carbocycles. The number of halogens is 1. The molecule has 0 aliphatic heterocycles. The van der Waals surface area contributed by atoms with E-state index >= 15 is 0 Å². The van der Waals surface area contributed by atoms with Crippen LogP contribution in [0.1, 0.15) is 5.56 Å². The molecule has 20 heavy (non-hydrogen) atoms. The van der Waals surface area contributed by atoms with Gasteiger partial charge in [0.1, 0.15) is 0 Å². The second kappa shape index (κ2) is 5.90. The Morgan fingerprint density at radius 3 is 2.60 bits per heavy atom. The third-order valence-corrected chi connectivity index (χ3v) is 5.36. The molecule has 106 valence electrons. The molecule has 0 spiro atoms. The Morgan fingerprint density at radius 1 is 1.25 bits per heavy atom. The normalized spacial score (nSPS) is 11.8. The maximum Gasteiger partial charge on any atom is 0.262 e. The molecule has 0 atom stereocenters. The number of benzene rings is 1. The molecule has 0 unspecified atom stereocenters. The van der Waals surface area contributed by atoms with Crippen LogP contribution in [0.4, 0.5) is 5.69 Å². The predicted octanol–water partition coefficient (Wildman–Crippen LogP) is 2.25. The summed E-state index contributed by atoms with van der Waals surface area (Å²) in [6, 6.07) is 10.6. The third kappa shape index (κ3) is 3.00. The summed E-state index contributed by atoms with van der Waals surface area (Å²) in [6.45, 7) is 0.236. The summed E-state index contributed by atoms with van der Waals surface area (Å²) < 4.78 is 27.0. The molecule has 2 aromatic rings. The number of hydrogen-bond donors (Lipinski definition) is 1. The molecule has 1 heterocycles. The van der Waals surface area contributed by atoms with E-state index in [-0.39, 0.29) is 17.3 Å². The van der Waals surface area contributed by atoms with Gasteiger partial charge in [0, 0.05) is 24.3 Å². The first-order valence-corrected chi connectivity index (χ1v) is 8.06. The van der Waals surface area contributed by atoms with Crippen molar-refractivity contribution in [2.24, 2.45) is 0 Å². The highest BCUT2D eigenvalue weighted by Crippen LogP contribution is 2.22. The van der Waals surface area contributed by atoms with Gasteiger partial charge in [-0.2, -0.15) is 4.31 Å². The number of nitrogens with zero attached hydrogens (tertiary/aromatic N) is 2. The summed E-state index contributed by atoms with van der Waals surface area (Å²) in [4.78, 5) is 3.87. The van der Waals surface area contributed by atoms with Crippen LogP contribution in [0, 0.1) is 0 Å². The van der Waals surface area contributed by atoms with Crippen LogP contribution < -0.4 is 5.73 Å². The molecule has 2 rings (SSSR count). The fourth-order valence-corrected chi connectivity index (χ4v) is 3.29. The first-order valence-electron chi connectivity index (χ1n) is 5.83. The van der Waals surface area contributed by atoms with E-state index in [1.54, 1.807) is 6.07 Å². The molecule has 0 aliphatic rings. The summed E-state index contributed by atoms with van der Waals surface area (Å²) >= 11 is 3.40. The van der Waals surface area contributed by atoms with Gasteiger partial charge in [0.05, 0.1) is 5.69 Å². The van der Waals surface area contributed by atoms with E-state index in [2.05, 4.69) is 20.9 Å². The van der Waals surface area contributed by atoms with Crippen LogP contribution in [0.3, 0.4) is 0 Å². The second-order valence-electron chi connectivity index (χ2n) is 4.25. The molecule has 1 aromatic carbocycles. The summed E-state index contributed by atoms with van der Waals surface area (Å²) in [5, 5.41) is -0.116. The van der Waals surface area contributed by atoms with Crippen molar-refractivity contribution >= 4 is 31.6 Å². The number of hydrogen-bond acceptors (Lipinski definition) is 4. The van der Waals surface area contributed by atoms with Gasteiger partial charge in [-0.25, -0.2) is 13.4 Å². The lowest BCUT2D eigenvalue weighted by molar-refractivity contribution is 0.463. The van der Waals surface area contributed by atoms with E-state index in [0.717, 1.165) is 10.0 Å². The van der Waals surface area contributed by atoms with Gasteiger partial charge in [0.25, 0.3) is 10.0 Å². The molecular weight excluding hydrogens is 342 g/mol. The predicted molar refractivity (Wildman–Crippen MR) is 81.4 cm³/mol. The fourth-order valence-electron chi connectivity index (χ4n) is 1.72. The minimum absolute atomic E-state index is 0.116. The van der Waals surface area contributed by atoms with Crippen LogP contribution >= 0.6 is 15.9 Å². The van der Waals surface area contributed by atoms with E-state index < -0.39 is 10.0 Å². The van der Waals surface area contributed by atoms with Crippen LogP contribution in [-0.4, -0.2) is 24.8 Å². The summed E-state index contributed by atoms with van der Waals surface area (Å²) in [5.41, 5.74) is 6.70. The van der Waals surface area contributed by atoms with Gasteiger partial charge < -0.3 is 5.73 Å². The topological polar surface area (TPSA) is 76.3 Å². The lowest BCUT2D eigenvalue weighted by Crippen LogP contribution is -2.28. The lowest BCUT2D eigenvalue weighted by Gasteiger charge is -2.18. The van der Waals surface area contributed by atoms with Crippen molar-refractivity contribution in [3.8, 4) is 0 Å². The Bertz CT molecular complexity index is 719. The van der Waals surface area contributed by atoms with Crippen LogP contribution in [0.25, 0.3) is 0 Å². The minimum atomic E-state index is -3.71. The number of nitrogen functional groups attached to an aromatic ring is 1. The molecule has 2 N–H and O–H groups in total. The number of rotatable bonds is 4. The average molecular weight is 356 g/mol. The molecule has 1 aromatic heterocycles. The first kappa shape index (κ1) is 15.0. The van der Waals surface area contributed by atoms with E-state index in [1.807, 2.05) is 24.3 Å². The zero-order valence-electron chi connectivity index (χ0n) is 10.8. The summed E-state index contributed by atoms with van der Waals surface area (Å²) in [7, 11) is -2.21. The van der Waals surface area contributed by atoms with Crippen LogP contribution in [-0.2, 0) is 16.6 Å². The monoisotopic (exact) mass is 355 g/mol. The van der Waals surface area contributed by atoms with Gasteiger partial charge in [-0.3, -0.25) is 0 Å². The smallest absolute Gasteiger partial charge is 0.262 e. The highest BCUT2D eigenvalue weighted by atomic mass is 79.9. The fraction of sp³-hybridized carbons (Fsp3) is 0.154. The lowest BCUT2D eigenvalue weighted by atomic mass is 10.2. The first-order chi connectivity index (χ1) is 9.43. The van der Waals surface area contributed by atoms with Gasteiger partial charge in [-0.1, -0.05) is 34.1 Å². The van der Waals surface area contributed by atoms with Crippen LogP contribution in [0.2, 0.25) is 0 Å². The van der Waals surface area contributed by atoms with Gasteiger partial charge >= 0.3 is 0 Å². The average Bonchev–Trinajstić information content (AvgIpc) is 2.41. The third-order valence-electron chi connectivity index (χ3n) is 2.81. The van der Waals surface area contributed by atoms with Crippen molar-refractivity contribution in [3.63, 3.8) is 0 Å². The van der Waals surface area contributed by atoms with Crippen LogP contribution in [0.15, 0.2) is 52.1 Å². The number of anilines is 1. The number of sulfonamides is 1. The number of nitrogens with two attached hydrogens (primary N) is 1. The van der Waals surface area contributed by atoms with E-state index in [4.69, 9.17) is 5.73 Å². The molecule has 0 aliphatic carbocycles. The Balaban J connectivity index is 2.31. The Labute approximate surface area is 126 Å². The van der Waals surface area contributed by atoms with Crippen molar-refractivity contribution in [2.45, 2.75) is 11.6 Å². The minimum Gasteiger partial charge on any atom is -0.396 e. The maximum absolute atomic E-state index is 12.4. The van der Waals surface area contributed by atoms with Gasteiger partial charge in [0.2, 0.25) is 0 Å².